The van der Waals surface area contributed by atoms with Gasteiger partial charge in [0, 0.05) is 26.3 Å². The maximum Gasteiger partial charge on any atom is 0.150 e. The molecule has 1 aromatic carbocycles. The zero-order chi connectivity index (χ0) is 13.9. The lowest BCUT2D eigenvalue weighted by atomic mass is 10.1. The number of sulfone groups is 1. The Hall–Kier alpha value is -1.07. The second-order valence-electron chi connectivity index (χ2n) is 5.46. The number of benzene rings is 1. The van der Waals surface area contributed by atoms with Crippen LogP contribution in [-0.2, 0) is 16.4 Å². The van der Waals surface area contributed by atoms with Crippen molar-refractivity contribution in [2.45, 2.75) is 13.0 Å². The van der Waals surface area contributed by atoms with E-state index in [1.54, 1.807) is 0 Å². The Balaban J connectivity index is 1.77. The molecule has 1 unspecified atom stereocenters. The van der Waals surface area contributed by atoms with Gasteiger partial charge < -0.3 is 10.2 Å². The molecule has 1 atom stereocenters. The second kappa shape index (κ2) is 5.92. The lowest BCUT2D eigenvalue weighted by Crippen LogP contribution is -2.23. The highest BCUT2D eigenvalue weighted by atomic mass is 32.2. The lowest BCUT2D eigenvalue weighted by Gasteiger charge is -2.13. The number of nitrogens with zero attached hydrogens (tertiary/aromatic N) is 1. The predicted octanol–water partition coefficient (Wildman–Crippen LogP) is 1.28. The summed E-state index contributed by atoms with van der Waals surface area (Å²) in [5.74, 6) is 0.988. The van der Waals surface area contributed by atoms with Gasteiger partial charge in [-0.25, -0.2) is 8.42 Å². The van der Waals surface area contributed by atoms with Crippen LogP contribution < -0.4 is 10.2 Å². The molecule has 1 aliphatic rings. The van der Waals surface area contributed by atoms with Crippen LogP contribution in [0.15, 0.2) is 24.3 Å². The molecule has 0 aromatic heterocycles. The number of nitrogens with one attached hydrogen (secondary N) is 1. The minimum absolute atomic E-state index is 0.283. The number of hydrogen-bond acceptors (Lipinski definition) is 4. The smallest absolute Gasteiger partial charge is 0.150 e. The highest BCUT2D eigenvalue weighted by Crippen LogP contribution is 2.17. The molecule has 4 nitrogen and oxygen atoms in total. The molecule has 1 aliphatic heterocycles. The maximum absolute atomic E-state index is 11.3. The van der Waals surface area contributed by atoms with Crippen molar-refractivity contribution < 1.29 is 8.42 Å². The molecular weight excluding hydrogens is 260 g/mol. The van der Waals surface area contributed by atoms with Gasteiger partial charge in [-0.05, 0) is 36.6 Å². The first-order valence-electron chi connectivity index (χ1n) is 6.64. The second-order valence-corrected chi connectivity index (χ2v) is 7.69. The third kappa shape index (κ3) is 4.21. The summed E-state index contributed by atoms with van der Waals surface area (Å²) in [5, 5.41) is 3.35. The fourth-order valence-corrected chi connectivity index (χ4v) is 4.23. The molecule has 0 spiro atoms. The van der Waals surface area contributed by atoms with Crippen LogP contribution in [-0.4, -0.2) is 40.6 Å². The summed E-state index contributed by atoms with van der Waals surface area (Å²) in [4.78, 5) is 2.07. The Labute approximate surface area is 115 Å². The van der Waals surface area contributed by atoms with Gasteiger partial charge in [0.15, 0.2) is 9.84 Å². The summed E-state index contributed by atoms with van der Waals surface area (Å²) >= 11 is 0. The zero-order valence-electron chi connectivity index (χ0n) is 11.6. The van der Waals surface area contributed by atoms with Crippen LogP contribution in [0.25, 0.3) is 0 Å². The van der Waals surface area contributed by atoms with Crippen molar-refractivity contribution in [3.05, 3.63) is 29.8 Å². The molecule has 19 heavy (non-hydrogen) atoms. The quantitative estimate of drug-likeness (QED) is 0.884. The summed E-state index contributed by atoms with van der Waals surface area (Å²) < 4.78 is 22.7. The van der Waals surface area contributed by atoms with E-state index in [-0.39, 0.29) is 5.92 Å². The van der Waals surface area contributed by atoms with Gasteiger partial charge in [-0.2, -0.15) is 0 Å². The Morgan fingerprint density at radius 2 is 1.95 bits per heavy atom. The maximum atomic E-state index is 11.3. The molecule has 0 aliphatic carbocycles. The Bertz CT molecular complexity index is 509. The summed E-state index contributed by atoms with van der Waals surface area (Å²) in [6, 6.07) is 8.40. The molecule has 0 bridgehead atoms. The Kier molecular flexibility index (Phi) is 4.47. The first-order valence-corrected chi connectivity index (χ1v) is 8.46. The van der Waals surface area contributed by atoms with E-state index in [1.807, 2.05) is 14.1 Å². The van der Waals surface area contributed by atoms with Gasteiger partial charge in [0.05, 0.1) is 11.5 Å². The molecule has 0 saturated carbocycles. The monoisotopic (exact) mass is 282 g/mol. The highest BCUT2D eigenvalue weighted by molar-refractivity contribution is 7.91. The Morgan fingerprint density at radius 3 is 2.47 bits per heavy atom. The fraction of sp³-hybridized carbons (Fsp3) is 0.571. The lowest BCUT2D eigenvalue weighted by molar-refractivity contribution is 0.521. The number of anilines is 1. The van der Waals surface area contributed by atoms with E-state index in [4.69, 9.17) is 0 Å². The van der Waals surface area contributed by atoms with E-state index in [2.05, 4.69) is 34.5 Å². The van der Waals surface area contributed by atoms with Crippen molar-refractivity contribution >= 4 is 15.5 Å². The van der Waals surface area contributed by atoms with Crippen LogP contribution in [0.1, 0.15) is 12.0 Å². The third-order valence-electron chi connectivity index (χ3n) is 3.54. The summed E-state index contributed by atoms with van der Waals surface area (Å²) in [6.45, 7) is 1.58. The van der Waals surface area contributed by atoms with E-state index >= 15 is 0 Å². The van der Waals surface area contributed by atoms with Crippen molar-refractivity contribution in [2.75, 3.05) is 37.0 Å². The van der Waals surface area contributed by atoms with Gasteiger partial charge >= 0.3 is 0 Å². The first kappa shape index (κ1) is 14.3. The minimum atomic E-state index is -2.75. The van der Waals surface area contributed by atoms with Gasteiger partial charge in [-0.1, -0.05) is 12.1 Å². The fourth-order valence-electron chi connectivity index (χ4n) is 2.37. The van der Waals surface area contributed by atoms with Crippen LogP contribution in [0.2, 0.25) is 0 Å². The largest absolute Gasteiger partial charge is 0.378 e. The molecule has 1 N–H and O–H groups in total. The van der Waals surface area contributed by atoms with Crippen LogP contribution in [0.5, 0.6) is 0 Å². The van der Waals surface area contributed by atoms with Gasteiger partial charge in [0.25, 0.3) is 0 Å². The summed E-state index contributed by atoms with van der Waals surface area (Å²) in [6.07, 6.45) is 0.800. The normalized spacial score (nSPS) is 21.5. The van der Waals surface area contributed by atoms with Crippen molar-refractivity contribution in [1.82, 2.24) is 5.32 Å². The summed E-state index contributed by atoms with van der Waals surface area (Å²) in [7, 11) is 1.29. The van der Waals surface area contributed by atoms with Gasteiger partial charge in [0.1, 0.15) is 0 Å². The average Bonchev–Trinajstić information content (AvgIpc) is 2.69. The molecule has 1 saturated heterocycles. The van der Waals surface area contributed by atoms with E-state index in [1.165, 1.54) is 11.3 Å². The van der Waals surface area contributed by atoms with Gasteiger partial charge in [-0.15, -0.1) is 0 Å². The van der Waals surface area contributed by atoms with Gasteiger partial charge in [-0.3, -0.25) is 0 Å². The van der Waals surface area contributed by atoms with Crippen molar-refractivity contribution in [1.29, 1.82) is 0 Å². The van der Waals surface area contributed by atoms with Gasteiger partial charge in [0.2, 0.25) is 0 Å². The highest BCUT2D eigenvalue weighted by Gasteiger charge is 2.27. The molecule has 1 fully saturated rings. The first-order chi connectivity index (χ1) is 8.96. The average molecular weight is 282 g/mol. The van der Waals surface area contributed by atoms with Crippen molar-refractivity contribution in [2.24, 2.45) is 5.92 Å². The molecule has 1 aromatic rings. The molecule has 0 amide bonds. The van der Waals surface area contributed by atoms with E-state index in [0.29, 0.717) is 11.5 Å². The zero-order valence-corrected chi connectivity index (χ0v) is 12.4. The molecular formula is C14H22N2O2S. The van der Waals surface area contributed by atoms with Crippen molar-refractivity contribution in [3.63, 3.8) is 0 Å². The standard InChI is InChI=1S/C14H22N2O2S/c1-16(2)14-5-3-12(4-6-14)9-15-10-13-7-8-19(17,18)11-13/h3-6,13,15H,7-11H2,1-2H3. The third-order valence-corrected chi connectivity index (χ3v) is 5.38. The van der Waals surface area contributed by atoms with Crippen LogP contribution in [0.4, 0.5) is 5.69 Å². The SMILES string of the molecule is CN(C)c1ccc(CNCC2CCS(=O)(=O)C2)cc1. The molecule has 106 valence electrons. The molecule has 1 heterocycles. The number of hydrogen-bond donors (Lipinski definition) is 1. The predicted molar refractivity (Wildman–Crippen MR) is 79.2 cm³/mol. The molecule has 0 radical (unpaired) electrons. The van der Waals surface area contributed by atoms with E-state index in [0.717, 1.165) is 19.5 Å². The minimum Gasteiger partial charge on any atom is -0.378 e. The van der Waals surface area contributed by atoms with E-state index in [9.17, 15) is 8.42 Å². The molecule has 2 rings (SSSR count). The van der Waals surface area contributed by atoms with Crippen LogP contribution in [0.3, 0.4) is 0 Å². The van der Waals surface area contributed by atoms with Crippen molar-refractivity contribution in [3.8, 4) is 0 Å². The summed E-state index contributed by atoms with van der Waals surface area (Å²) in [5.41, 5.74) is 2.41. The Morgan fingerprint density at radius 1 is 1.26 bits per heavy atom. The van der Waals surface area contributed by atoms with Crippen LogP contribution >= 0.6 is 0 Å². The molecule has 5 heteroatoms. The van der Waals surface area contributed by atoms with Crippen LogP contribution in [0, 0.1) is 5.92 Å². The van der Waals surface area contributed by atoms with E-state index < -0.39 is 9.84 Å². The topological polar surface area (TPSA) is 49.4 Å². The number of rotatable bonds is 5.